The molecule has 30 heavy (non-hydrogen) atoms. The van der Waals surface area contributed by atoms with Gasteiger partial charge < -0.3 is 4.90 Å². The number of carbonyl (C=O) groups excluding carboxylic acids is 1. The van der Waals surface area contributed by atoms with E-state index in [1.54, 1.807) is 6.07 Å². The summed E-state index contributed by atoms with van der Waals surface area (Å²) in [7, 11) is 1.99. The van der Waals surface area contributed by atoms with E-state index in [1.807, 2.05) is 36.3 Å². The van der Waals surface area contributed by atoms with Gasteiger partial charge in [0.2, 0.25) is 5.91 Å². The Balaban J connectivity index is 1.38. The van der Waals surface area contributed by atoms with Gasteiger partial charge in [0.05, 0.1) is 5.69 Å². The zero-order chi connectivity index (χ0) is 20.7. The van der Waals surface area contributed by atoms with Crippen molar-refractivity contribution >= 4 is 12.0 Å². The molecule has 3 nitrogen and oxygen atoms in total. The van der Waals surface area contributed by atoms with Crippen molar-refractivity contribution in [3.05, 3.63) is 60.2 Å². The van der Waals surface area contributed by atoms with E-state index < -0.39 is 0 Å². The summed E-state index contributed by atoms with van der Waals surface area (Å²) in [5.41, 5.74) is 2.67. The highest BCUT2D eigenvalue weighted by molar-refractivity contribution is 5.79. The van der Waals surface area contributed by atoms with Crippen molar-refractivity contribution in [2.45, 2.75) is 44.6 Å². The molecule has 0 radical (unpaired) electrons. The van der Waals surface area contributed by atoms with Crippen molar-refractivity contribution in [3.8, 4) is 11.1 Å². The summed E-state index contributed by atoms with van der Waals surface area (Å²) in [6.07, 6.45) is 13.4. The number of allylic oxidation sites excluding steroid dienone is 1. The summed E-state index contributed by atoms with van der Waals surface area (Å²) < 4.78 is 13.5. The molecule has 2 heterocycles. The minimum atomic E-state index is -0.235. The van der Waals surface area contributed by atoms with Gasteiger partial charge in [-0.15, -0.1) is 0 Å². The Morgan fingerprint density at radius 2 is 1.97 bits per heavy atom. The lowest BCUT2D eigenvalue weighted by Gasteiger charge is -2.47. The van der Waals surface area contributed by atoms with E-state index >= 15 is 0 Å². The first-order valence-electron chi connectivity index (χ1n) is 11.3. The fourth-order valence-electron chi connectivity index (χ4n) is 6.18. The maximum Gasteiger partial charge on any atom is 0.222 e. The summed E-state index contributed by atoms with van der Waals surface area (Å²) in [6, 6.07) is 11.0. The van der Waals surface area contributed by atoms with Crippen molar-refractivity contribution in [3.63, 3.8) is 0 Å². The number of benzene rings is 1. The van der Waals surface area contributed by atoms with Crippen LogP contribution >= 0.6 is 0 Å². The van der Waals surface area contributed by atoms with Crippen molar-refractivity contribution in [1.29, 1.82) is 0 Å². The number of likely N-dealkylation sites (tertiary alicyclic amines) is 1. The smallest absolute Gasteiger partial charge is 0.222 e. The van der Waals surface area contributed by atoms with Crippen molar-refractivity contribution in [1.82, 2.24) is 9.88 Å². The van der Waals surface area contributed by atoms with E-state index in [1.165, 1.54) is 44.2 Å². The summed E-state index contributed by atoms with van der Waals surface area (Å²) >= 11 is 0. The van der Waals surface area contributed by atoms with Gasteiger partial charge in [-0.05, 0) is 66.4 Å². The Morgan fingerprint density at radius 1 is 1.10 bits per heavy atom. The molecular formula is C26H29FN2O. The van der Waals surface area contributed by atoms with Gasteiger partial charge in [0, 0.05) is 31.3 Å². The molecule has 2 aromatic rings. The highest BCUT2D eigenvalue weighted by Gasteiger charge is 2.50. The molecule has 3 fully saturated rings. The summed E-state index contributed by atoms with van der Waals surface area (Å²) in [6.45, 7) is 0. The van der Waals surface area contributed by atoms with Crippen LogP contribution in [0.5, 0.6) is 0 Å². The maximum absolute atomic E-state index is 13.5. The predicted octanol–water partition coefficient (Wildman–Crippen LogP) is 5.57. The van der Waals surface area contributed by atoms with Gasteiger partial charge in [0.1, 0.15) is 5.82 Å². The minimum Gasteiger partial charge on any atom is -0.342 e. The SMILES string of the molecule is CN1C(=O)C[C@@H]2[C@@H](/C=C/c3ccc(-c4cccc(F)c4)cn3)[C@@H]3CCCC[C@H]3C[C@@H]21. The van der Waals surface area contributed by atoms with Crippen LogP contribution in [0.15, 0.2) is 48.7 Å². The van der Waals surface area contributed by atoms with E-state index in [4.69, 9.17) is 0 Å². The number of hydrogen-bond acceptors (Lipinski definition) is 2. The van der Waals surface area contributed by atoms with Crippen LogP contribution in [0, 0.1) is 29.5 Å². The third-order valence-corrected chi connectivity index (χ3v) is 7.73. The molecule has 1 aromatic carbocycles. The van der Waals surface area contributed by atoms with Crippen molar-refractivity contribution in [2.24, 2.45) is 23.7 Å². The number of nitrogens with zero attached hydrogens (tertiary/aromatic N) is 2. The lowest BCUT2D eigenvalue weighted by atomic mass is 9.60. The van der Waals surface area contributed by atoms with E-state index in [-0.39, 0.29) is 5.82 Å². The average Bonchev–Trinajstić information content (AvgIpc) is 3.05. The van der Waals surface area contributed by atoms with E-state index in [0.29, 0.717) is 36.1 Å². The number of aromatic nitrogens is 1. The monoisotopic (exact) mass is 404 g/mol. The van der Waals surface area contributed by atoms with Crippen LogP contribution in [0.3, 0.4) is 0 Å². The topological polar surface area (TPSA) is 33.2 Å². The molecule has 0 unspecified atom stereocenters. The Kier molecular flexibility index (Phi) is 5.18. The van der Waals surface area contributed by atoms with Crippen molar-refractivity contribution in [2.75, 3.05) is 7.05 Å². The van der Waals surface area contributed by atoms with Gasteiger partial charge in [-0.1, -0.05) is 43.5 Å². The van der Waals surface area contributed by atoms with Crippen LogP contribution < -0.4 is 0 Å². The Labute approximate surface area is 178 Å². The zero-order valence-electron chi connectivity index (χ0n) is 17.5. The van der Waals surface area contributed by atoms with Gasteiger partial charge in [-0.25, -0.2) is 4.39 Å². The second kappa shape index (κ2) is 7.98. The van der Waals surface area contributed by atoms with Gasteiger partial charge in [-0.2, -0.15) is 0 Å². The first kappa shape index (κ1) is 19.5. The number of rotatable bonds is 3. The molecule has 1 saturated heterocycles. The average molecular weight is 405 g/mol. The zero-order valence-corrected chi connectivity index (χ0v) is 17.5. The van der Waals surface area contributed by atoms with Crippen LogP contribution in [0.2, 0.25) is 0 Å². The molecular weight excluding hydrogens is 375 g/mol. The molecule has 2 saturated carbocycles. The van der Waals surface area contributed by atoms with Crippen LogP contribution in [0.25, 0.3) is 17.2 Å². The lowest BCUT2D eigenvalue weighted by Crippen LogP contribution is -2.45. The molecule has 2 aliphatic carbocycles. The van der Waals surface area contributed by atoms with Gasteiger partial charge in [-0.3, -0.25) is 9.78 Å². The Morgan fingerprint density at radius 3 is 2.77 bits per heavy atom. The lowest BCUT2D eigenvalue weighted by molar-refractivity contribution is -0.127. The first-order valence-corrected chi connectivity index (χ1v) is 11.3. The number of carbonyl (C=O) groups is 1. The molecule has 5 rings (SSSR count). The van der Waals surface area contributed by atoms with E-state index in [9.17, 15) is 9.18 Å². The molecule has 4 heteroatoms. The van der Waals surface area contributed by atoms with Crippen LogP contribution in [-0.2, 0) is 4.79 Å². The second-order valence-corrected chi connectivity index (χ2v) is 9.30. The molecule has 1 aromatic heterocycles. The molecule has 156 valence electrons. The number of amides is 1. The van der Waals surface area contributed by atoms with Gasteiger partial charge in [0.15, 0.2) is 0 Å². The third-order valence-electron chi connectivity index (χ3n) is 7.73. The number of fused-ring (bicyclic) bond motifs is 2. The fraction of sp³-hybridized carbons (Fsp3) is 0.462. The number of hydrogen-bond donors (Lipinski definition) is 0. The molecule has 5 atom stereocenters. The quantitative estimate of drug-likeness (QED) is 0.670. The first-order chi connectivity index (χ1) is 14.6. The van der Waals surface area contributed by atoms with Gasteiger partial charge >= 0.3 is 0 Å². The standard InChI is InChI=1S/C26H29FN2O/c1-29-25-14-18-5-2-3-8-22(18)23(24(25)15-26(29)30)12-11-21-10-9-19(16-28-21)17-6-4-7-20(27)13-17/h4,6-7,9-13,16,18,22-25H,2-3,5,8,14-15H2,1H3/b12-11+/t18-,22+,23-,24+,25-/m0/s1. The van der Waals surface area contributed by atoms with E-state index in [2.05, 4.69) is 17.1 Å². The molecule has 0 N–H and O–H groups in total. The molecule has 3 aliphatic rings. The summed E-state index contributed by atoms with van der Waals surface area (Å²) in [4.78, 5) is 19.0. The summed E-state index contributed by atoms with van der Waals surface area (Å²) in [5.74, 6) is 2.40. The van der Waals surface area contributed by atoms with Crippen LogP contribution in [-0.4, -0.2) is 28.9 Å². The predicted molar refractivity (Wildman–Crippen MR) is 117 cm³/mol. The van der Waals surface area contributed by atoms with Crippen molar-refractivity contribution < 1.29 is 9.18 Å². The molecule has 1 amide bonds. The highest BCUT2D eigenvalue weighted by atomic mass is 19.1. The fourth-order valence-corrected chi connectivity index (χ4v) is 6.18. The van der Waals surface area contributed by atoms with Gasteiger partial charge in [0.25, 0.3) is 0 Å². The second-order valence-electron chi connectivity index (χ2n) is 9.30. The normalized spacial score (nSPS) is 31.1. The molecule has 1 aliphatic heterocycles. The Hall–Kier alpha value is -2.49. The maximum atomic E-state index is 13.5. The summed E-state index contributed by atoms with van der Waals surface area (Å²) in [5, 5.41) is 0. The largest absolute Gasteiger partial charge is 0.342 e. The molecule has 0 spiro atoms. The Bertz CT molecular complexity index is 954. The van der Waals surface area contributed by atoms with Crippen LogP contribution in [0.4, 0.5) is 4.39 Å². The third kappa shape index (κ3) is 3.57. The minimum absolute atomic E-state index is 0.235. The highest BCUT2D eigenvalue weighted by Crippen LogP contribution is 2.51. The number of pyridine rings is 1. The number of halogens is 1. The van der Waals surface area contributed by atoms with E-state index in [0.717, 1.165) is 22.7 Å². The molecule has 0 bridgehead atoms. The van der Waals surface area contributed by atoms with Crippen LogP contribution in [0.1, 0.15) is 44.2 Å².